The summed E-state index contributed by atoms with van der Waals surface area (Å²) in [6.45, 7) is 0. The Bertz CT molecular complexity index is 411. The first-order chi connectivity index (χ1) is 7.92. The van der Waals surface area contributed by atoms with Gasteiger partial charge in [-0.1, -0.05) is 48.0 Å². The molecule has 16 heavy (non-hydrogen) atoms. The van der Waals surface area contributed by atoms with Crippen LogP contribution >= 0.6 is 11.6 Å². The van der Waals surface area contributed by atoms with Gasteiger partial charge in [0.25, 0.3) is 0 Å². The Morgan fingerprint density at radius 1 is 0.750 bits per heavy atom. The summed E-state index contributed by atoms with van der Waals surface area (Å²) >= 11 is 5.72. The topological polar surface area (TPSA) is 0 Å². The van der Waals surface area contributed by atoms with E-state index in [0.717, 1.165) is 0 Å². The molecule has 0 fully saturated rings. The molecular formula is C14H12ClS+. The van der Waals surface area contributed by atoms with Gasteiger partial charge < -0.3 is 0 Å². The zero-order chi connectivity index (χ0) is 11.2. The lowest BCUT2D eigenvalue weighted by Gasteiger charge is -2.01. The van der Waals surface area contributed by atoms with Crippen LogP contribution in [-0.2, 0) is 10.9 Å². The van der Waals surface area contributed by atoms with Gasteiger partial charge in [-0.3, -0.25) is 0 Å². The monoisotopic (exact) mass is 247 g/mol. The highest BCUT2D eigenvalue weighted by atomic mass is 35.5. The zero-order valence-electron chi connectivity index (χ0n) is 8.71. The maximum atomic E-state index is 5.72. The third-order valence-corrected chi connectivity index (χ3v) is 4.43. The molecule has 0 amide bonds. The van der Waals surface area contributed by atoms with Crippen LogP contribution in [0.25, 0.3) is 0 Å². The average molecular weight is 248 g/mol. The molecule has 80 valence electrons. The van der Waals surface area contributed by atoms with Crippen LogP contribution in [0.2, 0.25) is 0 Å². The Hall–Kier alpha value is -1.18. The fraction of sp³-hybridized carbons (Fsp3) is 0. The summed E-state index contributed by atoms with van der Waals surface area (Å²) in [5.41, 5.74) is 1.60. The van der Waals surface area contributed by atoms with Crippen molar-refractivity contribution in [1.82, 2.24) is 0 Å². The molecule has 0 aliphatic rings. The van der Waals surface area contributed by atoms with Crippen molar-refractivity contribution in [2.75, 3.05) is 0 Å². The molecule has 0 heterocycles. The molecular weight excluding hydrogens is 236 g/mol. The lowest BCUT2D eigenvalue weighted by molar-refractivity contribution is 1.39. The van der Waals surface area contributed by atoms with E-state index in [0.29, 0.717) is 0 Å². The molecule has 0 radical (unpaired) electrons. The van der Waals surface area contributed by atoms with Gasteiger partial charge in [0.05, 0.1) is 16.4 Å². The summed E-state index contributed by atoms with van der Waals surface area (Å²) in [5.74, 6) is 0. The molecule has 0 aliphatic heterocycles. The van der Waals surface area contributed by atoms with Crippen LogP contribution in [0.1, 0.15) is 0 Å². The number of rotatable bonds is 3. The minimum absolute atomic E-state index is 0.0638. The molecule has 0 aromatic heterocycles. The number of halogens is 1. The Morgan fingerprint density at radius 3 is 1.56 bits per heavy atom. The number of benzene rings is 2. The zero-order valence-corrected chi connectivity index (χ0v) is 10.3. The highest BCUT2D eigenvalue weighted by Gasteiger charge is 2.21. The highest BCUT2D eigenvalue weighted by Crippen LogP contribution is 2.24. The summed E-state index contributed by atoms with van der Waals surface area (Å²) in [6.07, 6.45) is 0. The van der Waals surface area contributed by atoms with Crippen molar-refractivity contribution in [3.8, 4) is 0 Å². The van der Waals surface area contributed by atoms with Crippen LogP contribution in [0.3, 0.4) is 0 Å². The normalized spacial score (nSPS) is 11.1. The molecule has 0 saturated carbocycles. The fourth-order valence-corrected chi connectivity index (χ4v) is 3.38. The molecule has 2 aromatic carbocycles. The van der Waals surface area contributed by atoms with E-state index < -0.39 is 0 Å². The van der Waals surface area contributed by atoms with Crippen molar-refractivity contribution in [1.29, 1.82) is 0 Å². The molecule has 2 rings (SSSR count). The molecule has 0 saturated heterocycles. The van der Waals surface area contributed by atoms with Gasteiger partial charge in [0.15, 0.2) is 9.79 Å². The summed E-state index contributed by atoms with van der Waals surface area (Å²) < 4.78 is 0. The SMILES string of the molecule is Cl/C=C\[S+](c1ccccc1)c1ccccc1. The van der Waals surface area contributed by atoms with Crippen molar-refractivity contribution in [3.05, 3.63) is 71.6 Å². The molecule has 0 nitrogen and oxygen atoms in total. The molecule has 2 aromatic rings. The smallest absolute Gasteiger partial charge is 0.0882 e. The maximum absolute atomic E-state index is 5.72. The summed E-state index contributed by atoms with van der Waals surface area (Å²) in [6, 6.07) is 20.8. The van der Waals surface area contributed by atoms with Crippen molar-refractivity contribution >= 4 is 22.5 Å². The van der Waals surface area contributed by atoms with E-state index in [1.54, 1.807) is 5.54 Å². The average Bonchev–Trinajstić information content (AvgIpc) is 2.38. The molecule has 0 aliphatic carbocycles. The van der Waals surface area contributed by atoms with E-state index in [2.05, 4.69) is 48.5 Å². The van der Waals surface area contributed by atoms with Crippen LogP contribution in [0.15, 0.2) is 81.4 Å². The first-order valence-electron chi connectivity index (χ1n) is 5.02. The van der Waals surface area contributed by atoms with Gasteiger partial charge in [0.2, 0.25) is 0 Å². The van der Waals surface area contributed by atoms with E-state index in [9.17, 15) is 0 Å². The highest BCUT2D eigenvalue weighted by molar-refractivity contribution is 7.99. The predicted molar refractivity (Wildman–Crippen MR) is 71.8 cm³/mol. The number of hydrogen-bond acceptors (Lipinski definition) is 0. The van der Waals surface area contributed by atoms with Gasteiger partial charge in [0.1, 0.15) is 5.41 Å². The second-order valence-corrected chi connectivity index (χ2v) is 5.37. The Morgan fingerprint density at radius 2 is 1.19 bits per heavy atom. The van der Waals surface area contributed by atoms with E-state index in [1.807, 2.05) is 17.5 Å². The van der Waals surface area contributed by atoms with Gasteiger partial charge >= 0.3 is 0 Å². The third-order valence-electron chi connectivity index (χ3n) is 2.18. The third kappa shape index (κ3) is 2.69. The molecule has 0 atom stereocenters. The van der Waals surface area contributed by atoms with Crippen molar-refractivity contribution in [2.24, 2.45) is 0 Å². The van der Waals surface area contributed by atoms with Gasteiger partial charge in [-0.25, -0.2) is 0 Å². The van der Waals surface area contributed by atoms with E-state index in [1.165, 1.54) is 9.79 Å². The van der Waals surface area contributed by atoms with Crippen molar-refractivity contribution in [3.63, 3.8) is 0 Å². The Balaban J connectivity index is 2.39. The van der Waals surface area contributed by atoms with Crippen LogP contribution in [-0.4, -0.2) is 0 Å². The molecule has 0 spiro atoms. The van der Waals surface area contributed by atoms with Gasteiger partial charge in [-0.2, -0.15) is 0 Å². The van der Waals surface area contributed by atoms with Crippen LogP contribution in [0.5, 0.6) is 0 Å². The van der Waals surface area contributed by atoms with Crippen molar-refractivity contribution < 1.29 is 0 Å². The number of hydrogen-bond donors (Lipinski definition) is 0. The second kappa shape index (κ2) is 5.78. The minimum atomic E-state index is -0.0638. The first kappa shape index (κ1) is 11.3. The van der Waals surface area contributed by atoms with E-state index >= 15 is 0 Å². The largest absolute Gasteiger partial charge is 0.165 e. The minimum Gasteiger partial charge on any atom is -0.0882 e. The quantitative estimate of drug-likeness (QED) is 0.704. The molecule has 0 unspecified atom stereocenters. The molecule has 2 heteroatoms. The predicted octanol–water partition coefficient (Wildman–Crippen LogP) is 4.43. The lowest BCUT2D eigenvalue weighted by atomic mass is 10.4. The second-order valence-electron chi connectivity index (χ2n) is 3.23. The summed E-state index contributed by atoms with van der Waals surface area (Å²) in [7, 11) is -0.0638. The fourth-order valence-electron chi connectivity index (χ4n) is 1.48. The molecule has 0 N–H and O–H groups in total. The van der Waals surface area contributed by atoms with Crippen LogP contribution in [0.4, 0.5) is 0 Å². The van der Waals surface area contributed by atoms with Gasteiger partial charge in [-0.05, 0) is 24.3 Å². The Labute approximate surface area is 104 Å². The molecule has 0 bridgehead atoms. The standard InChI is InChI=1S/C14H12ClS/c15-11-12-16(13-7-3-1-4-8-13)14-9-5-2-6-10-14/h1-12H/q+1/b12-11-. The van der Waals surface area contributed by atoms with Gasteiger partial charge in [-0.15, -0.1) is 0 Å². The summed E-state index contributed by atoms with van der Waals surface area (Å²) in [5, 5.41) is 2.03. The first-order valence-corrected chi connectivity index (χ1v) is 6.74. The maximum Gasteiger partial charge on any atom is 0.165 e. The van der Waals surface area contributed by atoms with Crippen molar-refractivity contribution in [2.45, 2.75) is 9.79 Å². The Kier molecular flexibility index (Phi) is 4.09. The van der Waals surface area contributed by atoms with Crippen LogP contribution in [0, 0.1) is 0 Å². The lowest BCUT2D eigenvalue weighted by Crippen LogP contribution is -1.98. The van der Waals surface area contributed by atoms with Gasteiger partial charge in [0, 0.05) is 0 Å². The van der Waals surface area contributed by atoms with Crippen LogP contribution < -0.4 is 0 Å². The summed E-state index contributed by atoms with van der Waals surface area (Å²) in [4.78, 5) is 2.57. The van der Waals surface area contributed by atoms with E-state index in [4.69, 9.17) is 11.6 Å². The van der Waals surface area contributed by atoms with E-state index in [-0.39, 0.29) is 10.9 Å².